The number of carbonyl (C=O) groups excluding carboxylic acids is 1. The minimum atomic E-state index is 0. The summed E-state index contributed by atoms with van der Waals surface area (Å²) in [6, 6.07) is 1.89. The van der Waals surface area contributed by atoms with Crippen molar-refractivity contribution in [1.82, 2.24) is 5.16 Å². The average molecular weight is 244 g/mol. The number of nitrogens with zero attached hydrogens (tertiary/aromatic N) is 2. The lowest BCUT2D eigenvalue weighted by Crippen LogP contribution is -1.74. The molecule has 0 amide bonds. The van der Waals surface area contributed by atoms with Crippen LogP contribution in [-0.2, 0) is 4.79 Å². The molecule has 0 aliphatic rings. The van der Waals surface area contributed by atoms with Crippen molar-refractivity contribution in [2.75, 3.05) is 0 Å². The van der Waals surface area contributed by atoms with Gasteiger partial charge in [-0.15, -0.1) is 0 Å². The van der Waals surface area contributed by atoms with Gasteiger partial charge < -0.3 is 14.5 Å². The summed E-state index contributed by atoms with van der Waals surface area (Å²) in [5, 5.41) is 14.2. The summed E-state index contributed by atoms with van der Waals surface area (Å²) in [5.74, 6) is 1.04. The predicted molar refractivity (Wildman–Crippen MR) is 69.6 cm³/mol. The smallest absolute Gasteiger partial charge is 0.133 e. The molecule has 5 heteroatoms. The van der Waals surface area contributed by atoms with Crippen LogP contribution in [-0.4, -0.2) is 21.9 Å². The van der Waals surface area contributed by atoms with Gasteiger partial charge in [0.25, 0.3) is 0 Å². The zero-order valence-electron chi connectivity index (χ0n) is 10.7. The molecule has 5 nitrogen and oxygen atoms in total. The van der Waals surface area contributed by atoms with E-state index in [1.807, 2.05) is 19.9 Å². The molecule has 0 aliphatic heterocycles. The SMILES string of the molecule is C.CC(C)=NO.CC(C)=O.Cc1cc(C)on1. The summed E-state index contributed by atoms with van der Waals surface area (Å²) in [6.07, 6.45) is 0. The molecule has 0 atom stereocenters. The largest absolute Gasteiger partial charge is 0.411 e. The fraction of sp³-hybridized carbons (Fsp3) is 0.583. The molecule has 0 aromatic carbocycles. The molecule has 0 fully saturated rings. The van der Waals surface area contributed by atoms with E-state index in [0.29, 0.717) is 5.71 Å². The van der Waals surface area contributed by atoms with Crippen molar-refractivity contribution >= 4 is 11.5 Å². The summed E-state index contributed by atoms with van der Waals surface area (Å²) in [6.45, 7) is 10.3. The maximum atomic E-state index is 9.44. The number of aromatic nitrogens is 1. The maximum Gasteiger partial charge on any atom is 0.133 e. The fourth-order valence-electron chi connectivity index (χ4n) is 0.491. The van der Waals surface area contributed by atoms with Gasteiger partial charge in [0.15, 0.2) is 0 Å². The lowest BCUT2D eigenvalue weighted by molar-refractivity contribution is -0.114. The van der Waals surface area contributed by atoms with Gasteiger partial charge in [0.2, 0.25) is 0 Å². The van der Waals surface area contributed by atoms with Crippen molar-refractivity contribution in [3.05, 3.63) is 17.5 Å². The van der Waals surface area contributed by atoms with Crippen molar-refractivity contribution < 1.29 is 14.5 Å². The van der Waals surface area contributed by atoms with Crippen LogP contribution in [0.1, 0.15) is 46.6 Å². The van der Waals surface area contributed by atoms with Gasteiger partial charge in [0.05, 0.1) is 11.4 Å². The number of rotatable bonds is 0. The third-order valence-corrected chi connectivity index (χ3v) is 0.946. The Bertz CT molecular complexity index is 306. The van der Waals surface area contributed by atoms with E-state index in [9.17, 15) is 4.79 Å². The van der Waals surface area contributed by atoms with Crippen LogP contribution in [0.3, 0.4) is 0 Å². The van der Waals surface area contributed by atoms with E-state index in [1.165, 1.54) is 13.8 Å². The highest BCUT2D eigenvalue weighted by Gasteiger charge is 1.88. The molecule has 0 aliphatic carbocycles. The van der Waals surface area contributed by atoms with E-state index in [2.05, 4.69) is 10.3 Å². The van der Waals surface area contributed by atoms with Crippen LogP contribution in [0, 0.1) is 13.8 Å². The first-order chi connectivity index (χ1) is 7.29. The second-order valence-electron chi connectivity index (χ2n) is 3.53. The van der Waals surface area contributed by atoms with Gasteiger partial charge >= 0.3 is 0 Å². The highest BCUT2D eigenvalue weighted by Crippen LogP contribution is 1.97. The monoisotopic (exact) mass is 244 g/mol. The van der Waals surface area contributed by atoms with Gasteiger partial charge in [-0.3, -0.25) is 0 Å². The van der Waals surface area contributed by atoms with Gasteiger partial charge in [-0.2, -0.15) is 0 Å². The highest BCUT2D eigenvalue weighted by atomic mass is 16.5. The molecule has 1 N–H and O–H groups in total. The summed E-state index contributed by atoms with van der Waals surface area (Å²) < 4.78 is 4.71. The quantitative estimate of drug-likeness (QED) is 0.431. The van der Waals surface area contributed by atoms with Crippen LogP contribution >= 0.6 is 0 Å². The van der Waals surface area contributed by atoms with Crippen molar-refractivity contribution in [2.45, 2.75) is 49.0 Å². The molecule has 1 aromatic rings. The lowest BCUT2D eigenvalue weighted by Gasteiger charge is -1.72. The first-order valence-electron chi connectivity index (χ1n) is 4.82. The number of Topliss-reactive ketones (excluding diaryl/α,β-unsaturated/α-hetero) is 1. The first-order valence-corrected chi connectivity index (χ1v) is 4.82. The van der Waals surface area contributed by atoms with Crippen LogP contribution in [0.15, 0.2) is 15.7 Å². The number of hydrogen-bond donors (Lipinski definition) is 1. The number of ketones is 1. The van der Waals surface area contributed by atoms with Crippen molar-refractivity contribution in [1.29, 1.82) is 0 Å². The minimum absolute atomic E-state index is 0. The fourth-order valence-corrected chi connectivity index (χ4v) is 0.491. The van der Waals surface area contributed by atoms with E-state index in [-0.39, 0.29) is 13.2 Å². The zero-order valence-corrected chi connectivity index (χ0v) is 10.7. The van der Waals surface area contributed by atoms with Crippen molar-refractivity contribution in [3.8, 4) is 0 Å². The highest BCUT2D eigenvalue weighted by molar-refractivity contribution is 5.78. The summed E-state index contributed by atoms with van der Waals surface area (Å²) in [7, 11) is 0. The molecule has 17 heavy (non-hydrogen) atoms. The Balaban J connectivity index is -0.000000177. The predicted octanol–water partition coefficient (Wildman–Crippen LogP) is 3.38. The Morgan fingerprint density at radius 1 is 1.29 bits per heavy atom. The number of oxime groups is 1. The van der Waals surface area contributed by atoms with Crippen LogP contribution in [0.25, 0.3) is 0 Å². The normalized spacial score (nSPS) is 7.41. The second kappa shape index (κ2) is 12.4. The lowest BCUT2D eigenvalue weighted by atomic mass is 10.4. The Kier molecular flexibility index (Phi) is 15.1. The van der Waals surface area contributed by atoms with E-state index in [0.717, 1.165) is 11.5 Å². The third kappa shape index (κ3) is 25.0. The molecule has 0 radical (unpaired) electrons. The summed E-state index contributed by atoms with van der Waals surface area (Å²) >= 11 is 0. The molecular formula is C12H24N2O3. The van der Waals surface area contributed by atoms with Crippen molar-refractivity contribution in [2.24, 2.45) is 5.16 Å². The van der Waals surface area contributed by atoms with E-state index in [1.54, 1.807) is 13.8 Å². The molecule has 0 saturated heterocycles. The summed E-state index contributed by atoms with van der Waals surface area (Å²) in [5.41, 5.74) is 1.63. The molecular weight excluding hydrogens is 220 g/mol. The van der Waals surface area contributed by atoms with E-state index >= 15 is 0 Å². The Labute approximate surface area is 104 Å². The number of aryl methyl sites for hydroxylation is 2. The first kappa shape index (κ1) is 20.7. The van der Waals surface area contributed by atoms with Gasteiger partial charge in [0, 0.05) is 6.07 Å². The molecule has 100 valence electrons. The molecule has 1 rings (SSSR count). The topological polar surface area (TPSA) is 75.7 Å². The van der Waals surface area contributed by atoms with E-state index < -0.39 is 0 Å². The number of hydrogen-bond acceptors (Lipinski definition) is 5. The van der Waals surface area contributed by atoms with Gasteiger partial charge in [-0.25, -0.2) is 0 Å². The zero-order chi connectivity index (χ0) is 13.1. The van der Waals surface area contributed by atoms with Gasteiger partial charge in [-0.05, 0) is 41.5 Å². The van der Waals surface area contributed by atoms with Gasteiger partial charge in [-0.1, -0.05) is 17.7 Å². The van der Waals surface area contributed by atoms with Crippen molar-refractivity contribution in [3.63, 3.8) is 0 Å². The molecule has 0 bridgehead atoms. The van der Waals surface area contributed by atoms with Crippen LogP contribution in [0.4, 0.5) is 0 Å². The Hall–Kier alpha value is -1.65. The third-order valence-electron chi connectivity index (χ3n) is 0.946. The van der Waals surface area contributed by atoms with Crippen LogP contribution in [0.2, 0.25) is 0 Å². The van der Waals surface area contributed by atoms with Crippen LogP contribution in [0.5, 0.6) is 0 Å². The number of carbonyl (C=O) groups is 1. The molecule has 0 unspecified atom stereocenters. The maximum absolute atomic E-state index is 9.44. The van der Waals surface area contributed by atoms with Gasteiger partial charge in [0.1, 0.15) is 11.5 Å². The second-order valence-corrected chi connectivity index (χ2v) is 3.53. The average Bonchev–Trinajstić information content (AvgIpc) is 2.50. The minimum Gasteiger partial charge on any atom is -0.411 e. The molecule has 0 spiro atoms. The summed E-state index contributed by atoms with van der Waals surface area (Å²) in [4.78, 5) is 9.44. The molecule has 1 aromatic heterocycles. The molecule has 1 heterocycles. The van der Waals surface area contributed by atoms with E-state index in [4.69, 9.17) is 9.73 Å². The van der Waals surface area contributed by atoms with Crippen LogP contribution < -0.4 is 0 Å². The Morgan fingerprint density at radius 3 is 1.71 bits per heavy atom. The Morgan fingerprint density at radius 2 is 1.65 bits per heavy atom. The standard InChI is InChI=1S/C5H7NO.C3H7NO.C3H6O.CH4/c1-4-3-5(2)7-6-4;1-3(2)4-5;1-3(2)4;/h3H,1-2H3;5H,1-2H3;1-2H3;1H4. The molecule has 0 saturated carbocycles.